The SMILES string of the molecule is Cn1cc(C(c2nccc(-c3cnc(NS(=O)(=O)Cc4ccccc4)nc3)n2)C(C)(C)OC(N)=O)cn1. The molecule has 1 unspecified atom stereocenters. The van der Waals surface area contributed by atoms with E-state index in [4.69, 9.17) is 10.5 Å². The van der Waals surface area contributed by atoms with Crippen molar-refractivity contribution in [2.45, 2.75) is 31.1 Å². The molecule has 0 aliphatic rings. The molecule has 0 fully saturated rings. The molecule has 0 saturated heterocycles. The van der Waals surface area contributed by atoms with E-state index in [0.717, 1.165) is 5.56 Å². The van der Waals surface area contributed by atoms with Crippen molar-refractivity contribution in [3.8, 4) is 11.3 Å². The van der Waals surface area contributed by atoms with Gasteiger partial charge >= 0.3 is 6.09 Å². The van der Waals surface area contributed by atoms with Gasteiger partial charge in [-0.1, -0.05) is 30.3 Å². The van der Waals surface area contributed by atoms with Gasteiger partial charge in [0.2, 0.25) is 16.0 Å². The number of primary amides is 1. The monoisotopic (exact) mass is 522 g/mol. The number of benzene rings is 1. The van der Waals surface area contributed by atoms with Crippen LogP contribution in [0.3, 0.4) is 0 Å². The molecule has 4 rings (SSSR count). The van der Waals surface area contributed by atoms with Crippen molar-refractivity contribution >= 4 is 22.1 Å². The smallest absolute Gasteiger partial charge is 0.405 e. The summed E-state index contributed by atoms with van der Waals surface area (Å²) in [6, 6.07) is 10.5. The van der Waals surface area contributed by atoms with Crippen LogP contribution in [0, 0.1) is 0 Å². The first-order valence-corrected chi connectivity index (χ1v) is 12.8. The molecular formula is C24H26N8O4S. The Kier molecular flexibility index (Phi) is 7.16. The number of anilines is 1. The molecule has 12 nitrogen and oxygen atoms in total. The van der Waals surface area contributed by atoms with Crippen LogP contribution in [0.2, 0.25) is 0 Å². The van der Waals surface area contributed by atoms with Crippen LogP contribution in [0.25, 0.3) is 11.3 Å². The number of ether oxygens (including phenoxy) is 1. The number of aromatic nitrogens is 6. The minimum absolute atomic E-state index is 0.0572. The fourth-order valence-electron chi connectivity index (χ4n) is 3.92. The molecule has 0 spiro atoms. The Balaban J connectivity index is 1.59. The topological polar surface area (TPSA) is 168 Å². The molecule has 1 aromatic carbocycles. The van der Waals surface area contributed by atoms with Crippen molar-refractivity contribution < 1.29 is 17.9 Å². The number of nitrogens with two attached hydrogens (primary N) is 1. The fourth-order valence-corrected chi connectivity index (χ4v) is 5.01. The van der Waals surface area contributed by atoms with Crippen LogP contribution in [-0.4, -0.2) is 49.8 Å². The number of carbonyl (C=O) groups is 1. The highest BCUT2D eigenvalue weighted by Gasteiger charge is 2.38. The van der Waals surface area contributed by atoms with Crippen molar-refractivity contribution in [2.75, 3.05) is 4.72 Å². The number of nitrogens with one attached hydrogen (secondary N) is 1. The highest BCUT2D eigenvalue weighted by Crippen LogP contribution is 2.36. The standard InChI is InChI=1S/C24H26N8O4S/c1-24(2,36-22(25)33)20(18-13-29-32(3)14-18)21-26-10-9-19(30-21)17-11-27-23(28-12-17)31-37(34,35)15-16-7-5-4-6-8-16/h4-14,20H,15H2,1-3H3,(H2,25,33)(H,27,28,31). The van der Waals surface area contributed by atoms with E-state index in [9.17, 15) is 13.2 Å². The summed E-state index contributed by atoms with van der Waals surface area (Å²) in [5, 5.41) is 4.21. The molecule has 0 radical (unpaired) electrons. The second-order valence-corrected chi connectivity index (χ2v) is 10.6. The molecule has 37 heavy (non-hydrogen) atoms. The van der Waals surface area contributed by atoms with Crippen molar-refractivity contribution in [3.63, 3.8) is 0 Å². The molecule has 3 heterocycles. The summed E-state index contributed by atoms with van der Waals surface area (Å²) < 4.78 is 34.4. The van der Waals surface area contributed by atoms with Gasteiger partial charge in [-0.15, -0.1) is 0 Å². The van der Waals surface area contributed by atoms with E-state index in [1.807, 2.05) is 6.07 Å². The third-order valence-corrected chi connectivity index (χ3v) is 6.65. The molecule has 1 atom stereocenters. The van der Waals surface area contributed by atoms with Crippen LogP contribution >= 0.6 is 0 Å². The Morgan fingerprint density at radius 1 is 1.11 bits per heavy atom. The summed E-state index contributed by atoms with van der Waals surface area (Å²) in [7, 11) is -1.93. The van der Waals surface area contributed by atoms with E-state index in [1.54, 1.807) is 74.5 Å². The number of amides is 1. The van der Waals surface area contributed by atoms with Crippen LogP contribution in [-0.2, 0) is 27.6 Å². The largest absolute Gasteiger partial charge is 0.443 e. The van der Waals surface area contributed by atoms with E-state index in [1.165, 1.54) is 12.4 Å². The number of hydrogen-bond acceptors (Lipinski definition) is 9. The maximum absolute atomic E-state index is 12.5. The lowest BCUT2D eigenvalue weighted by Crippen LogP contribution is -2.38. The Bertz CT molecular complexity index is 1490. The van der Waals surface area contributed by atoms with Gasteiger partial charge in [-0.05, 0) is 25.5 Å². The first-order chi connectivity index (χ1) is 17.5. The second-order valence-electron chi connectivity index (χ2n) is 8.85. The molecule has 1 amide bonds. The predicted molar refractivity (Wildman–Crippen MR) is 136 cm³/mol. The Morgan fingerprint density at radius 2 is 1.81 bits per heavy atom. The molecule has 3 N–H and O–H groups in total. The van der Waals surface area contributed by atoms with Crippen LogP contribution in [0.4, 0.5) is 10.7 Å². The zero-order chi connectivity index (χ0) is 26.6. The molecule has 192 valence electrons. The number of hydrogen-bond donors (Lipinski definition) is 2. The highest BCUT2D eigenvalue weighted by atomic mass is 32.2. The number of nitrogens with zero attached hydrogens (tertiary/aromatic N) is 6. The summed E-state index contributed by atoms with van der Waals surface area (Å²) in [6.07, 6.45) is 7.00. The summed E-state index contributed by atoms with van der Waals surface area (Å²) >= 11 is 0. The average Bonchev–Trinajstić information content (AvgIpc) is 3.24. The Hall–Kier alpha value is -4.39. The van der Waals surface area contributed by atoms with Gasteiger partial charge in [-0.3, -0.25) is 9.40 Å². The zero-order valence-electron chi connectivity index (χ0n) is 20.4. The third kappa shape index (κ3) is 6.44. The summed E-state index contributed by atoms with van der Waals surface area (Å²) in [6.45, 7) is 3.43. The van der Waals surface area contributed by atoms with Gasteiger partial charge in [-0.25, -0.2) is 33.1 Å². The quantitative estimate of drug-likeness (QED) is 0.336. The number of sulfonamides is 1. The fraction of sp³-hybridized carbons (Fsp3) is 0.250. The van der Waals surface area contributed by atoms with Gasteiger partial charge in [0.1, 0.15) is 11.4 Å². The minimum Gasteiger partial charge on any atom is -0.443 e. The van der Waals surface area contributed by atoms with Crippen LogP contribution < -0.4 is 10.5 Å². The van der Waals surface area contributed by atoms with Gasteiger partial charge in [0.05, 0.1) is 23.6 Å². The Morgan fingerprint density at radius 3 is 2.43 bits per heavy atom. The maximum Gasteiger partial charge on any atom is 0.405 e. The molecule has 3 aromatic heterocycles. The van der Waals surface area contributed by atoms with E-state index in [0.29, 0.717) is 22.6 Å². The molecule has 13 heteroatoms. The van der Waals surface area contributed by atoms with Crippen molar-refractivity contribution in [2.24, 2.45) is 12.8 Å². The van der Waals surface area contributed by atoms with Crippen molar-refractivity contribution in [1.29, 1.82) is 0 Å². The predicted octanol–water partition coefficient (Wildman–Crippen LogP) is 2.61. The van der Waals surface area contributed by atoms with Crippen LogP contribution in [0.15, 0.2) is 67.4 Å². The lowest BCUT2D eigenvalue weighted by molar-refractivity contribution is 0.0313. The van der Waals surface area contributed by atoms with E-state index in [2.05, 4.69) is 29.8 Å². The van der Waals surface area contributed by atoms with E-state index in [-0.39, 0.29) is 11.7 Å². The average molecular weight is 523 g/mol. The molecule has 0 aliphatic carbocycles. The third-order valence-electron chi connectivity index (χ3n) is 5.44. The van der Waals surface area contributed by atoms with Gasteiger partial charge in [-0.2, -0.15) is 5.10 Å². The van der Waals surface area contributed by atoms with Crippen molar-refractivity contribution in [3.05, 3.63) is 84.3 Å². The van der Waals surface area contributed by atoms with E-state index < -0.39 is 27.6 Å². The summed E-state index contributed by atoms with van der Waals surface area (Å²) in [4.78, 5) is 29.0. The molecule has 0 aliphatic heterocycles. The number of carbonyl (C=O) groups excluding carboxylic acids is 1. The summed E-state index contributed by atoms with van der Waals surface area (Å²) in [5.74, 6) is -0.478. The van der Waals surface area contributed by atoms with Gasteiger partial charge in [0.25, 0.3) is 0 Å². The zero-order valence-corrected chi connectivity index (χ0v) is 21.3. The first kappa shape index (κ1) is 25.7. The number of rotatable bonds is 9. The Labute approximate surface area is 214 Å². The van der Waals surface area contributed by atoms with Crippen molar-refractivity contribution in [1.82, 2.24) is 29.7 Å². The lowest BCUT2D eigenvalue weighted by atomic mass is 9.85. The van der Waals surface area contributed by atoms with E-state index >= 15 is 0 Å². The lowest BCUT2D eigenvalue weighted by Gasteiger charge is -2.31. The van der Waals surface area contributed by atoms with Gasteiger partial charge < -0.3 is 10.5 Å². The highest BCUT2D eigenvalue weighted by molar-refractivity contribution is 7.91. The minimum atomic E-state index is -3.70. The normalized spacial score (nSPS) is 12.6. The molecule has 4 aromatic rings. The second kappa shape index (κ2) is 10.3. The van der Waals surface area contributed by atoms with Gasteiger partial charge in [0, 0.05) is 43.0 Å². The molecule has 0 saturated carbocycles. The van der Waals surface area contributed by atoms with Crippen LogP contribution in [0.1, 0.15) is 36.7 Å². The molecule has 0 bridgehead atoms. The number of aryl methyl sites for hydroxylation is 1. The van der Waals surface area contributed by atoms with Crippen LogP contribution in [0.5, 0.6) is 0 Å². The summed E-state index contributed by atoms with van der Waals surface area (Å²) in [5.41, 5.74) is 6.62. The first-order valence-electron chi connectivity index (χ1n) is 11.2. The molecular weight excluding hydrogens is 496 g/mol. The van der Waals surface area contributed by atoms with Gasteiger partial charge in [0.15, 0.2) is 0 Å². The maximum atomic E-state index is 12.5.